The van der Waals surface area contributed by atoms with Crippen molar-refractivity contribution in [1.29, 1.82) is 0 Å². The van der Waals surface area contributed by atoms with E-state index >= 15 is 0 Å². The van der Waals surface area contributed by atoms with Crippen LogP contribution >= 0.6 is 0 Å². The zero-order valence-corrected chi connectivity index (χ0v) is 14.1. The highest BCUT2D eigenvalue weighted by molar-refractivity contribution is 5.90. The van der Waals surface area contributed by atoms with Crippen molar-refractivity contribution in [3.63, 3.8) is 0 Å². The fourth-order valence-corrected chi connectivity index (χ4v) is 5.87. The third kappa shape index (κ3) is 1.59. The molecule has 6 atom stereocenters. The number of carboxylic acids is 1. The van der Waals surface area contributed by atoms with Gasteiger partial charge in [-0.25, -0.2) is 0 Å². The predicted octanol–water partition coefficient (Wildman–Crippen LogP) is 1.85. The standard InChI is InChI=1S/C19H23NO4/c1-18(2)11-4-3-10(12(18)7-11)8-20-9-19-6-5-13(24-19)14(17(22)23)15(19)16(20)21/h3,5-6,11-15H,4,7-9H2,1-2H3,(H,22,23)/t11-,12-,13+,14-,15+,19-/m0/s1. The number of aliphatic carboxylic acids is 1. The Balaban J connectivity index is 1.40. The summed E-state index contributed by atoms with van der Waals surface area (Å²) in [5.41, 5.74) is 0.981. The highest BCUT2D eigenvalue weighted by atomic mass is 16.5. The highest BCUT2D eigenvalue weighted by Gasteiger charge is 2.67. The Hall–Kier alpha value is -1.62. The zero-order chi connectivity index (χ0) is 16.9. The number of amides is 1. The normalized spacial score (nSPS) is 46.8. The molecule has 5 heteroatoms. The second-order valence-electron chi connectivity index (χ2n) is 8.75. The minimum atomic E-state index is -0.925. The van der Waals surface area contributed by atoms with Crippen molar-refractivity contribution in [2.45, 2.75) is 38.4 Å². The maximum atomic E-state index is 13.0. The van der Waals surface area contributed by atoms with Crippen LogP contribution in [0.15, 0.2) is 23.8 Å². The maximum Gasteiger partial charge on any atom is 0.310 e. The van der Waals surface area contributed by atoms with E-state index in [9.17, 15) is 14.7 Å². The van der Waals surface area contributed by atoms with Gasteiger partial charge in [0, 0.05) is 6.54 Å². The first-order chi connectivity index (χ1) is 11.3. The fraction of sp³-hybridized carbons (Fsp3) is 0.684. The van der Waals surface area contributed by atoms with E-state index in [4.69, 9.17) is 4.74 Å². The number of fused-ring (bicyclic) bond motifs is 2. The lowest BCUT2D eigenvalue weighted by atomic mass is 9.49. The number of carbonyl (C=O) groups excluding carboxylic acids is 1. The first-order valence-electron chi connectivity index (χ1n) is 8.91. The Morgan fingerprint density at radius 1 is 1.46 bits per heavy atom. The Kier molecular flexibility index (Phi) is 2.64. The lowest BCUT2D eigenvalue weighted by Gasteiger charge is -2.56. The molecule has 1 spiro atoms. The van der Waals surface area contributed by atoms with E-state index in [-0.39, 0.29) is 5.91 Å². The molecule has 0 aromatic rings. The summed E-state index contributed by atoms with van der Waals surface area (Å²) in [7, 11) is 0. The average molecular weight is 329 g/mol. The van der Waals surface area contributed by atoms with Crippen LogP contribution in [0, 0.1) is 29.1 Å². The van der Waals surface area contributed by atoms with Crippen molar-refractivity contribution < 1.29 is 19.4 Å². The van der Waals surface area contributed by atoms with Gasteiger partial charge >= 0.3 is 5.97 Å². The van der Waals surface area contributed by atoms with Crippen LogP contribution in [0.2, 0.25) is 0 Å². The van der Waals surface area contributed by atoms with Gasteiger partial charge < -0.3 is 14.7 Å². The third-order valence-corrected chi connectivity index (χ3v) is 7.42. The predicted molar refractivity (Wildman–Crippen MR) is 86.0 cm³/mol. The van der Waals surface area contributed by atoms with Gasteiger partial charge in [0.05, 0.1) is 18.6 Å². The SMILES string of the molecule is CC1(C)[C@H]2CC=C(CN3C[C@]45C=C[C@@H](O4)[C@H](C(=O)O)[C@@H]5C3=O)[C@@H]1C2. The molecule has 0 unspecified atom stereocenters. The Morgan fingerprint density at radius 3 is 2.92 bits per heavy atom. The van der Waals surface area contributed by atoms with Gasteiger partial charge in [-0.1, -0.05) is 37.6 Å². The van der Waals surface area contributed by atoms with E-state index in [0.717, 1.165) is 12.3 Å². The van der Waals surface area contributed by atoms with Crippen LogP contribution in [-0.4, -0.2) is 46.7 Å². The van der Waals surface area contributed by atoms with E-state index in [1.54, 1.807) is 0 Å². The van der Waals surface area contributed by atoms with Crippen LogP contribution < -0.4 is 0 Å². The molecule has 24 heavy (non-hydrogen) atoms. The van der Waals surface area contributed by atoms with Crippen molar-refractivity contribution >= 4 is 11.9 Å². The number of ether oxygens (including phenoxy) is 1. The smallest absolute Gasteiger partial charge is 0.310 e. The lowest BCUT2D eigenvalue weighted by Crippen LogP contribution is -2.50. The minimum absolute atomic E-state index is 0.0468. The lowest BCUT2D eigenvalue weighted by molar-refractivity contribution is -0.148. The van der Waals surface area contributed by atoms with E-state index in [0.29, 0.717) is 24.4 Å². The van der Waals surface area contributed by atoms with Crippen LogP contribution in [-0.2, 0) is 14.3 Å². The van der Waals surface area contributed by atoms with Gasteiger partial charge in [-0.2, -0.15) is 0 Å². The molecule has 3 aliphatic carbocycles. The molecule has 5 nitrogen and oxygen atoms in total. The molecule has 128 valence electrons. The van der Waals surface area contributed by atoms with Gasteiger partial charge in [0.15, 0.2) is 0 Å². The average Bonchev–Trinajstić information content (AvgIpc) is 3.16. The number of hydrogen-bond acceptors (Lipinski definition) is 3. The monoisotopic (exact) mass is 329 g/mol. The molecular formula is C19H23NO4. The van der Waals surface area contributed by atoms with E-state index in [2.05, 4.69) is 19.9 Å². The van der Waals surface area contributed by atoms with Gasteiger partial charge in [-0.3, -0.25) is 9.59 Å². The van der Waals surface area contributed by atoms with Crippen molar-refractivity contribution in [3.05, 3.63) is 23.8 Å². The molecule has 0 radical (unpaired) electrons. The third-order valence-electron chi connectivity index (χ3n) is 7.42. The summed E-state index contributed by atoms with van der Waals surface area (Å²) in [5.74, 6) is -0.934. The van der Waals surface area contributed by atoms with Gasteiger partial charge in [0.25, 0.3) is 0 Å². The zero-order valence-electron chi connectivity index (χ0n) is 14.1. The fourth-order valence-electron chi connectivity index (χ4n) is 5.87. The van der Waals surface area contributed by atoms with Crippen molar-refractivity contribution in [1.82, 2.24) is 4.90 Å². The molecule has 3 heterocycles. The van der Waals surface area contributed by atoms with Crippen molar-refractivity contribution in [3.8, 4) is 0 Å². The molecule has 2 saturated heterocycles. The summed E-state index contributed by atoms with van der Waals surface area (Å²) >= 11 is 0. The van der Waals surface area contributed by atoms with Gasteiger partial charge in [-0.15, -0.1) is 0 Å². The maximum absolute atomic E-state index is 13.0. The van der Waals surface area contributed by atoms with Gasteiger partial charge in [0.1, 0.15) is 11.5 Å². The molecular weight excluding hydrogens is 306 g/mol. The Bertz CT molecular complexity index is 708. The number of hydrogen-bond donors (Lipinski definition) is 1. The molecule has 1 amide bonds. The van der Waals surface area contributed by atoms with E-state index in [1.165, 1.54) is 12.0 Å². The molecule has 0 aromatic heterocycles. The van der Waals surface area contributed by atoms with Crippen molar-refractivity contribution in [2.24, 2.45) is 29.1 Å². The summed E-state index contributed by atoms with van der Waals surface area (Å²) in [6.45, 7) is 5.77. The number of likely N-dealkylation sites (tertiary alicyclic amines) is 1. The van der Waals surface area contributed by atoms with Gasteiger partial charge in [0.2, 0.25) is 5.91 Å². The molecule has 6 aliphatic rings. The molecule has 3 fully saturated rings. The number of nitrogens with zero attached hydrogens (tertiary/aromatic N) is 1. The van der Waals surface area contributed by atoms with Crippen molar-refractivity contribution in [2.75, 3.05) is 13.1 Å². The molecule has 1 N–H and O–H groups in total. The second-order valence-corrected chi connectivity index (χ2v) is 8.75. The number of carboxylic acid groups (broad SMARTS) is 1. The number of rotatable bonds is 3. The van der Waals surface area contributed by atoms with Crippen LogP contribution in [0.1, 0.15) is 26.7 Å². The van der Waals surface area contributed by atoms with E-state index < -0.39 is 29.5 Å². The Labute approximate surface area is 141 Å². The number of allylic oxidation sites excluding steroid dienone is 1. The summed E-state index contributed by atoms with van der Waals surface area (Å²) in [4.78, 5) is 26.4. The highest BCUT2D eigenvalue weighted by Crippen LogP contribution is 2.60. The first-order valence-corrected chi connectivity index (χ1v) is 8.91. The summed E-state index contributed by atoms with van der Waals surface area (Å²) < 4.78 is 5.95. The molecule has 4 bridgehead atoms. The molecule has 3 aliphatic heterocycles. The Morgan fingerprint density at radius 2 is 2.25 bits per heavy atom. The van der Waals surface area contributed by atoms with Crippen LogP contribution in [0.5, 0.6) is 0 Å². The number of carbonyl (C=O) groups is 2. The first kappa shape index (κ1) is 14.7. The quantitative estimate of drug-likeness (QED) is 0.803. The van der Waals surface area contributed by atoms with Crippen LogP contribution in [0.3, 0.4) is 0 Å². The largest absolute Gasteiger partial charge is 0.481 e. The summed E-state index contributed by atoms with van der Waals surface area (Å²) in [5, 5.41) is 9.53. The topological polar surface area (TPSA) is 66.8 Å². The van der Waals surface area contributed by atoms with Crippen LogP contribution in [0.25, 0.3) is 0 Å². The molecule has 1 saturated carbocycles. The summed E-state index contributed by atoms with van der Waals surface area (Å²) in [6, 6.07) is 0. The minimum Gasteiger partial charge on any atom is -0.481 e. The molecule has 6 rings (SSSR count). The van der Waals surface area contributed by atoms with Crippen LogP contribution in [0.4, 0.5) is 0 Å². The second kappa shape index (κ2) is 4.31. The summed E-state index contributed by atoms with van der Waals surface area (Å²) in [6.07, 6.45) is 7.95. The van der Waals surface area contributed by atoms with E-state index in [1.807, 2.05) is 17.1 Å². The van der Waals surface area contributed by atoms with Gasteiger partial charge in [-0.05, 0) is 30.1 Å². The molecule has 0 aromatic carbocycles.